The number of sulfonamides is 1. The fraction of sp³-hybridized carbons (Fsp3) is 0.429. The number of benzene rings is 2. The van der Waals surface area contributed by atoms with E-state index >= 15 is 0 Å². The zero-order valence-corrected chi connectivity index (χ0v) is 16.7. The molecule has 6 heteroatoms. The van der Waals surface area contributed by atoms with Crippen molar-refractivity contribution >= 4 is 10.0 Å². The van der Waals surface area contributed by atoms with E-state index in [4.69, 9.17) is 9.47 Å². The maximum atomic E-state index is 13.0. The number of piperidine rings is 1. The summed E-state index contributed by atoms with van der Waals surface area (Å²) in [5, 5.41) is 0. The summed E-state index contributed by atoms with van der Waals surface area (Å²) in [6, 6.07) is 14.6. The molecule has 1 aliphatic heterocycles. The number of aryl methyl sites for hydroxylation is 1. The van der Waals surface area contributed by atoms with Crippen molar-refractivity contribution in [3.05, 3.63) is 54.1 Å². The molecule has 2 aromatic carbocycles. The number of hydrogen-bond acceptors (Lipinski definition) is 4. The van der Waals surface area contributed by atoms with E-state index in [0.717, 1.165) is 18.6 Å². The van der Waals surface area contributed by atoms with Crippen molar-refractivity contribution in [2.24, 2.45) is 5.92 Å². The highest BCUT2D eigenvalue weighted by atomic mass is 32.2. The normalized spacial score (nSPS) is 18.2. The average Bonchev–Trinajstić information content (AvgIpc) is 2.68. The van der Waals surface area contributed by atoms with Gasteiger partial charge >= 0.3 is 0 Å². The van der Waals surface area contributed by atoms with Crippen LogP contribution in [0.1, 0.15) is 25.3 Å². The second kappa shape index (κ2) is 8.76. The summed E-state index contributed by atoms with van der Waals surface area (Å²) >= 11 is 0. The van der Waals surface area contributed by atoms with Gasteiger partial charge in [0.05, 0.1) is 18.1 Å². The van der Waals surface area contributed by atoms with Gasteiger partial charge in [0.2, 0.25) is 10.0 Å². The lowest BCUT2D eigenvalue weighted by Crippen LogP contribution is -2.41. The summed E-state index contributed by atoms with van der Waals surface area (Å²) in [6.07, 6.45) is 1.82. The van der Waals surface area contributed by atoms with Crippen molar-refractivity contribution in [1.29, 1.82) is 0 Å². The second-order valence-corrected chi connectivity index (χ2v) is 8.84. The minimum atomic E-state index is -3.49. The van der Waals surface area contributed by atoms with Gasteiger partial charge in [0.1, 0.15) is 11.5 Å². The van der Waals surface area contributed by atoms with Gasteiger partial charge in [0.25, 0.3) is 0 Å². The Bertz CT molecular complexity index is 831. The monoisotopic (exact) mass is 389 g/mol. The first-order valence-electron chi connectivity index (χ1n) is 9.41. The molecule has 5 nitrogen and oxygen atoms in total. The highest BCUT2D eigenvalue weighted by Gasteiger charge is 2.30. The molecule has 0 aromatic heterocycles. The molecule has 0 amide bonds. The molecule has 0 radical (unpaired) electrons. The molecular weight excluding hydrogens is 362 g/mol. The van der Waals surface area contributed by atoms with Crippen LogP contribution in [0.25, 0.3) is 0 Å². The lowest BCUT2D eigenvalue weighted by Gasteiger charge is -2.31. The van der Waals surface area contributed by atoms with Crippen LogP contribution in [0.4, 0.5) is 0 Å². The van der Waals surface area contributed by atoms with Gasteiger partial charge in [-0.05, 0) is 63.1 Å². The summed E-state index contributed by atoms with van der Waals surface area (Å²) in [7, 11) is -3.49. The Balaban J connectivity index is 1.62. The van der Waals surface area contributed by atoms with Crippen LogP contribution in [0.5, 0.6) is 11.5 Å². The minimum Gasteiger partial charge on any atom is -0.494 e. The highest BCUT2D eigenvalue weighted by Crippen LogP contribution is 2.26. The fourth-order valence-electron chi connectivity index (χ4n) is 3.25. The largest absolute Gasteiger partial charge is 0.494 e. The molecule has 0 spiro atoms. The predicted molar refractivity (Wildman–Crippen MR) is 106 cm³/mol. The van der Waals surface area contributed by atoms with E-state index in [-0.39, 0.29) is 5.92 Å². The maximum absolute atomic E-state index is 13.0. The van der Waals surface area contributed by atoms with Crippen LogP contribution in [-0.4, -0.2) is 39.0 Å². The van der Waals surface area contributed by atoms with Gasteiger partial charge in [0.15, 0.2) is 0 Å². The van der Waals surface area contributed by atoms with Crippen molar-refractivity contribution in [1.82, 2.24) is 4.31 Å². The molecule has 27 heavy (non-hydrogen) atoms. The number of hydrogen-bond donors (Lipinski definition) is 0. The van der Waals surface area contributed by atoms with Crippen LogP contribution in [0.2, 0.25) is 0 Å². The van der Waals surface area contributed by atoms with E-state index in [1.807, 2.05) is 38.1 Å². The third-order valence-electron chi connectivity index (χ3n) is 4.76. The van der Waals surface area contributed by atoms with Crippen LogP contribution < -0.4 is 9.47 Å². The molecule has 1 unspecified atom stereocenters. The Hall–Kier alpha value is -2.05. The van der Waals surface area contributed by atoms with Crippen LogP contribution >= 0.6 is 0 Å². The first-order chi connectivity index (χ1) is 13.0. The Morgan fingerprint density at radius 3 is 2.30 bits per heavy atom. The Labute approximate surface area is 162 Å². The molecule has 0 aliphatic carbocycles. The van der Waals surface area contributed by atoms with Crippen molar-refractivity contribution in [2.45, 2.75) is 31.6 Å². The Kier molecular flexibility index (Phi) is 6.39. The topological polar surface area (TPSA) is 55.8 Å². The van der Waals surface area contributed by atoms with E-state index in [1.54, 1.807) is 28.6 Å². The minimum absolute atomic E-state index is 0.192. The van der Waals surface area contributed by atoms with Crippen LogP contribution in [0.15, 0.2) is 53.4 Å². The second-order valence-electron chi connectivity index (χ2n) is 6.90. The molecule has 1 aliphatic rings. The Morgan fingerprint density at radius 2 is 1.63 bits per heavy atom. The number of rotatable bonds is 7. The summed E-state index contributed by atoms with van der Waals surface area (Å²) in [5.41, 5.74) is 1.19. The van der Waals surface area contributed by atoms with E-state index in [1.165, 1.54) is 5.56 Å². The van der Waals surface area contributed by atoms with Crippen LogP contribution in [0.3, 0.4) is 0 Å². The van der Waals surface area contributed by atoms with Gasteiger partial charge in [0, 0.05) is 19.0 Å². The smallest absolute Gasteiger partial charge is 0.243 e. The molecule has 3 rings (SSSR count). The van der Waals surface area contributed by atoms with Crippen molar-refractivity contribution in [3.8, 4) is 11.5 Å². The molecule has 146 valence electrons. The van der Waals surface area contributed by atoms with Crippen LogP contribution in [-0.2, 0) is 10.0 Å². The number of ether oxygens (including phenoxy) is 2. The van der Waals surface area contributed by atoms with Crippen molar-refractivity contribution in [2.75, 3.05) is 26.3 Å². The van der Waals surface area contributed by atoms with Gasteiger partial charge in [-0.3, -0.25) is 0 Å². The van der Waals surface area contributed by atoms with Gasteiger partial charge in [-0.15, -0.1) is 0 Å². The maximum Gasteiger partial charge on any atom is 0.243 e. The van der Waals surface area contributed by atoms with Crippen molar-refractivity contribution < 1.29 is 17.9 Å². The standard InChI is InChI=1S/C21H27NO4S/c1-3-25-19-10-12-21(13-11-19)27(23,24)22-14-4-5-18(15-22)16-26-20-8-6-17(2)7-9-20/h6-13,18H,3-5,14-16H2,1-2H3. The molecular formula is C21H27NO4S. The van der Waals surface area contributed by atoms with Crippen molar-refractivity contribution in [3.63, 3.8) is 0 Å². The van der Waals surface area contributed by atoms with E-state index in [2.05, 4.69) is 0 Å². The summed E-state index contributed by atoms with van der Waals surface area (Å²) < 4.78 is 38.8. The third-order valence-corrected chi connectivity index (χ3v) is 6.64. The molecule has 0 saturated carbocycles. The van der Waals surface area contributed by atoms with E-state index in [9.17, 15) is 8.42 Å². The lowest BCUT2D eigenvalue weighted by atomic mass is 10.0. The quantitative estimate of drug-likeness (QED) is 0.721. The summed E-state index contributed by atoms with van der Waals surface area (Å²) in [6.45, 7) is 6.06. The molecule has 0 bridgehead atoms. The third kappa shape index (κ3) is 5.02. The van der Waals surface area contributed by atoms with Gasteiger partial charge in [-0.25, -0.2) is 8.42 Å². The highest BCUT2D eigenvalue weighted by molar-refractivity contribution is 7.89. The molecule has 2 aromatic rings. The van der Waals surface area contributed by atoms with Gasteiger partial charge in [-0.2, -0.15) is 4.31 Å². The zero-order chi connectivity index (χ0) is 19.3. The first kappa shape index (κ1) is 19.7. The molecule has 0 N–H and O–H groups in total. The summed E-state index contributed by atoms with van der Waals surface area (Å²) in [5.74, 6) is 1.70. The molecule has 1 fully saturated rings. The lowest BCUT2D eigenvalue weighted by molar-refractivity contribution is 0.180. The molecule has 1 atom stereocenters. The SMILES string of the molecule is CCOc1ccc(S(=O)(=O)N2CCCC(COc3ccc(C)cc3)C2)cc1. The number of nitrogens with zero attached hydrogens (tertiary/aromatic N) is 1. The van der Waals surface area contributed by atoms with E-state index < -0.39 is 10.0 Å². The van der Waals surface area contributed by atoms with Gasteiger partial charge < -0.3 is 9.47 Å². The fourth-order valence-corrected chi connectivity index (χ4v) is 4.81. The molecule has 1 saturated heterocycles. The van der Waals surface area contributed by atoms with Gasteiger partial charge in [-0.1, -0.05) is 17.7 Å². The predicted octanol–water partition coefficient (Wildman–Crippen LogP) is 3.87. The van der Waals surface area contributed by atoms with Crippen LogP contribution in [0, 0.1) is 12.8 Å². The molecule has 1 heterocycles. The van der Waals surface area contributed by atoms with E-state index in [0.29, 0.717) is 36.9 Å². The first-order valence-corrected chi connectivity index (χ1v) is 10.9. The average molecular weight is 390 g/mol. The zero-order valence-electron chi connectivity index (χ0n) is 15.9. The summed E-state index contributed by atoms with van der Waals surface area (Å²) in [4.78, 5) is 0.311. The Morgan fingerprint density at radius 1 is 1.00 bits per heavy atom.